The Morgan fingerprint density at radius 2 is 1.79 bits per heavy atom. The monoisotopic (exact) mass is 183 g/mol. The van der Waals surface area contributed by atoms with Gasteiger partial charge in [-0.1, -0.05) is 43.3 Å². The molecule has 0 saturated carbocycles. The summed E-state index contributed by atoms with van der Waals surface area (Å²) >= 11 is 0. The van der Waals surface area contributed by atoms with E-state index >= 15 is 0 Å². The minimum absolute atomic E-state index is 0.348. The summed E-state index contributed by atoms with van der Waals surface area (Å²) in [5, 5.41) is 2.65. The van der Waals surface area contributed by atoms with Crippen molar-refractivity contribution < 1.29 is 0 Å². The molecule has 2 aromatic carbocycles. The Labute approximate surface area is 85.6 Å². The van der Waals surface area contributed by atoms with Gasteiger partial charge in [0.1, 0.15) is 0 Å². The van der Waals surface area contributed by atoms with Crippen LogP contribution < -0.4 is 0 Å². The van der Waals surface area contributed by atoms with Crippen LogP contribution in [0.4, 0.5) is 0 Å². The summed E-state index contributed by atoms with van der Waals surface area (Å²) in [5.41, 5.74) is 2.72. The van der Waals surface area contributed by atoms with Crippen molar-refractivity contribution >= 4 is 10.8 Å². The molecule has 2 aromatic rings. The van der Waals surface area contributed by atoms with Gasteiger partial charge in [0.25, 0.3) is 0 Å². The van der Waals surface area contributed by atoms with Crippen LogP contribution in [0.25, 0.3) is 10.8 Å². The van der Waals surface area contributed by atoms with Gasteiger partial charge in [0.2, 0.25) is 0 Å². The maximum Gasteiger partial charge on any atom is -0.0147 e. The van der Waals surface area contributed by atoms with Crippen molar-refractivity contribution in [3.8, 4) is 0 Å². The molecule has 2 rings (SSSR count). The Bertz CT molecular complexity index is 453. The van der Waals surface area contributed by atoms with Crippen LogP contribution in [0, 0.1) is 13.8 Å². The second-order valence-electron chi connectivity index (χ2n) is 3.92. The number of aryl methyl sites for hydroxylation is 1. The molecule has 71 valence electrons. The zero-order chi connectivity index (χ0) is 10.1. The zero-order valence-corrected chi connectivity index (χ0v) is 8.75. The number of fused-ring (bicyclic) bond motifs is 1. The van der Waals surface area contributed by atoms with Crippen LogP contribution in [0.1, 0.15) is 24.0 Å². The van der Waals surface area contributed by atoms with Crippen LogP contribution in [0.3, 0.4) is 0 Å². The van der Waals surface area contributed by atoms with Crippen LogP contribution >= 0.6 is 0 Å². The van der Waals surface area contributed by atoms with Gasteiger partial charge in [-0.25, -0.2) is 0 Å². The predicted octanol–water partition coefficient (Wildman–Crippen LogP) is 4.09. The van der Waals surface area contributed by atoms with E-state index in [0.717, 1.165) is 0 Å². The third kappa shape index (κ3) is 1.41. The summed E-state index contributed by atoms with van der Waals surface area (Å²) in [5.74, 6) is 0.348. The highest BCUT2D eigenvalue weighted by Gasteiger charge is 2.07. The summed E-state index contributed by atoms with van der Waals surface area (Å²) < 4.78 is 0. The first-order chi connectivity index (χ1) is 6.70. The Kier molecular flexibility index (Phi) is 2.28. The summed E-state index contributed by atoms with van der Waals surface area (Å²) in [6, 6.07) is 12.9. The normalized spacial score (nSPS) is 11.1. The molecule has 0 amide bonds. The lowest BCUT2D eigenvalue weighted by atomic mass is 9.92. The molecular formula is C14H15. The minimum Gasteiger partial charge on any atom is -0.0616 e. The van der Waals surface area contributed by atoms with E-state index in [1.165, 1.54) is 21.9 Å². The van der Waals surface area contributed by atoms with E-state index < -0.39 is 0 Å². The third-order valence-corrected chi connectivity index (χ3v) is 2.68. The molecule has 0 spiro atoms. The molecule has 0 fully saturated rings. The molecule has 0 N–H and O–H groups in total. The molecule has 0 aliphatic rings. The molecule has 0 heterocycles. The van der Waals surface area contributed by atoms with Crippen LogP contribution in [0.2, 0.25) is 0 Å². The van der Waals surface area contributed by atoms with Gasteiger partial charge in [-0.2, -0.15) is 0 Å². The van der Waals surface area contributed by atoms with E-state index in [-0.39, 0.29) is 0 Å². The highest BCUT2D eigenvalue weighted by molar-refractivity contribution is 5.87. The molecule has 1 atom stereocenters. The van der Waals surface area contributed by atoms with Gasteiger partial charge in [0.15, 0.2) is 0 Å². The van der Waals surface area contributed by atoms with Crippen LogP contribution in [0.5, 0.6) is 0 Å². The SMILES string of the molecule is [CH2]C(C)c1c(C)ccc2ccccc12. The molecule has 1 unspecified atom stereocenters. The lowest BCUT2D eigenvalue weighted by Crippen LogP contribution is -1.93. The van der Waals surface area contributed by atoms with Crippen molar-refractivity contribution in [3.05, 3.63) is 54.4 Å². The van der Waals surface area contributed by atoms with E-state index in [9.17, 15) is 0 Å². The molecule has 0 aromatic heterocycles. The molecule has 0 heteroatoms. The number of benzene rings is 2. The predicted molar refractivity (Wildman–Crippen MR) is 62.5 cm³/mol. The van der Waals surface area contributed by atoms with Gasteiger partial charge >= 0.3 is 0 Å². The second kappa shape index (κ2) is 3.45. The molecule has 0 saturated heterocycles. The number of rotatable bonds is 1. The fraction of sp³-hybridized carbons (Fsp3) is 0.214. The molecule has 1 radical (unpaired) electrons. The fourth-order valence-corrected chi connectivity index (χ4v) is 2.06. The van der Waals surface area contributed by atoms with Crippen molar-refractivity contribution in [2.75, 3.05) is 0 Å². The van der Waals surface area contributed by atoms with E-state index in [1.807, 2.05) is 0 Å². The average molecular weight is 183 g/mol. The van der Waals surface area contributed by atoms with E-state index in [0.29, 0.717) is 5.92 Å². The van der Waals surface area contributed by atoms with Crippen molar-refractivity contribution in [2.24, 2.45) is 0 Å². The number of hydrogen-bond donors (Lipinski definition) is 0. The van der Waals surface area contributed by atoms with Gasteiger partial charge in [0.05, 0.1) is 0 Å². The topological polar surface area (TPSA) is 0 Å². The second-order valence-corrected chi connectivity index (χ2v) is 3.92. The molecule has 0 aliphatic heterocycles. The maximum atomic E-state index is 4.12. The zero-order valence-electron chi connectivity index (χ0n) is 8.75. The maximum absolute atomic E-state index is 4.12. The largest absolute Gasteiger partial charge is 0.0616 e. The van der Waals surface area contributed by atoms with Crippen LogP contribution in [-0.4, -0.2) is 0 Å². The van der Waals surface area contributed by atoms with Crippen molar-refractivity contribution in [2.45, 2.75) is 19.8 Å². The van der Waals surface area contributed by atoms with E-state index in [2.05, 4.69) is 57.2 Å². The Hall–Kier alpha value is -1.30. The average Bonchev–Trinajstić information content (AvgIpc) is 2.17. The van der Waals surface area contributed by atoms with Crippen LogP contribution in [0.15, 0.2) is 36.4 Å². The van der Waals surface area contributed by atoms with Gasteiger partial charge in [-0.15, -0.1) is 0 Å². The first-order valence-electron chi connectivity index (χ1n) is 5.01. The van der Waals surface area contributed by atoms with E-state index in [4.69, 9.17) is 0 Å². The summed E-state index contributed by atoms with van der Waals surface area (Å²) in [6.07, 6.45) is 0. The summed E-state index contributed by atoms with van der Waals surface area (Å²) in [4.78, 5) is 0. The molecule has 0 aliphatic carbocycles. The standard InChI is InChI=1S/C14H15/c1-10(2)14-11(3)8-9-12-6-4-5-7-13(12)14/h4-10H,1H2,2-3H3. The minimum atomic E-state index is 0.348. The smallest absolute Gasteiger partial charge is 0.0147 e. The van der Waals surface area contributed by atoms with Crippen molar-refractivity contribution in [3.63, 3.8) is 0 Å². The summed E-state index contributed by atoms with van der Waals surface area (Å²) in [6.45, 7) is 8.42. The Balaban J connectivity index is 2.83. The molecule has 14 heavy (non-hydrogen) atoms. The molecule has 0 bridgehead atoms. The van der Waals surface area contributed by atoms with Crippen molar-refractivity contribution in [1.82, 2.24) is 0 Å². The van der Waals surface area contributed by atoms with E-state index in [1.54, 1.807) is 0 Å². The quantitative estimate of drug-likeness (QED) is 0.624. The van der Waals surface area contributed by atoms with Gasteiger partial charge in [-0.3, -0.25) is 0 Å². The first kappa shape index (κ1) is 9.26. The Morgan fingerprint density at radius 1 is 1.07 bits per heavy atom. The third-order valence-electron chi connectivity index (χ3n) is 2.68. The fourth-order valence-electron chi connectivity index (χ4n) is 2.06. The Morgan fingerprint density at radius 3 is 2.50 bits per heavy atom. The van der Waals surface area contributed by atoms with Gasteiger partial charge < -0.3 is 0 Å². The lowest BCUT2D eigenvalue weighted by Gasteiger charge is -2.13. The van der Waals surface area contributed by atoms with Crippen molar-refractivity contribution in [1.29, 1.82) is 0 Å². The summed E-state index contributed by atoms with van der Waals surface area (Å²) in [7, 11) is 0. The number of hydrogen-bond acceptors (Lipinski definition) is 0. The molecular weight excluding hydrogens is 168 g/mol. The van der Waals surface area contributed by atoms with Crippen LogP contribution in [-0.2, 0) is 0 Å². The van der Waals surface area contributed by atoms with Gasteiger partial charge in [0, 0.05) is 0 Å². The highest BCUT2D eigenvalue weighted by Crippen LogP contribution is 2.27. The first-order valence-corrected chi connectivity index (χ1v) is 5.01. The lowest BCUT2D eigenvalue weighted by molar-refractivity contribution is 0.962. The highest BCUT2D eigenvalue weighted by atomic mass is 14.1. The van der Waals surface area contributed by atoms with Gasteiger partial charge in [-0.05, 0) is 41.7 Å². The molecule has 0 nitrogen and oxygen atoms in total.